The highest BCUT2D eigenvalue weighted by molar-refractivity contribution is 6.30. The first kappa shape index (κ1) is 13.3. The van der Waals surface area contributed by atoms with Crippen molar-refractivity contribution in [3.05, 3.63) is 58.6 Å². The second kappa shape index (κ2) is 5.73. The quantitative estimate of drug-likeness (QED) is 0.943. The lowest BCUT2D eigenvalue weighted by atomic mass is 10.1. The molecule has 3 nitrogen and oxygen atoms in total. The van der Waals surface area contributed by atoms with E-state index in [4.69, 9.17) is 22.1 Å². The van der Waals surface area contributed by atoms with E-state index < -0.39 is 0 Å². The molecule has 2 N–H and O–H groups in total. The van der Waals surface area contributed by atoms with Gasteiger partial charge in [0.1, 0.15) is 12.4 Å². The molecule has 0 saturated heterocycles. The van der Waals surface area contributed by atoms with Gasteiger partial charge in [0.2, 0.25) is 0 Å². The van der Waals surface area contributed by atoms with Gasteiger partial charge in [-0.15, -0.1) is 0 Å². The molecule has 0 amide bonds. The lowest BCUT2D eigenvalue weighted by Gasteiger charge is -2.31. The van der Waals surface area contributed by atoms with Crippen LogP contribution in [0, 0.1) is 0 Å². The van der Waals surface area contributed by atoms with E-state index in [1.165, 1.54) is 5.56 Å². The van der Waals surface area contributed by atoms with Crippen molar-refractivity contribution in [2.24, 2.45) is 5.73 Å². The Morgan fingerprint density at radius 2 is 2.05 bits per heavy atom. The van der Waals surface area contributed by atoms with Crippen LogP contribution in [0.1, 0.15) is 11.1 Å². The number of anilines is 1. The van der Waals surface area contributed by atoms with Gasteiger partial charge in [0, 0.05) is 18.1 Å². The van der Waals surface area contributed by atoms with Gasteiger partial charge in [-0.05, 0) is 35.4 Å². The van der Waals surface area contributed by atoms with Gasteiger partial charge in [0.05, 0.1) is 12.2 Å². The molecule has 0 spiro atoms. The molecule has 0 aliphatic carbocycles. The molecule has 4 heteroatoms. The molecule has 20 heavy (non-hydrogen) atoms. The lowest BCUT2D eigenvalue weighted by molar-refractivity contribution is 0.306. The number of fused-ring (bicyclic) bond motifs is 1. The van der Waals surface area contributed by atoms with Crippen molar-refractivity contribution in [3.63, 3.8) is 0 Å². The van der Waals surface area contributed by atoms with Gasteiger partial charge in [-0.1, -0.05) is 29.8 Å². The Balaban J connectivity index is 1.86. The molecule has 0 atom stereocenters. The summed E-state index contributed by atoms with van der Waals surface area (Å²) in [4.78, 5) is 2.31. The molecule has 1 heterocycles. The third-order valence-electron chi connectivity index (χ3n) is 3.48. The molecule has 0 fully saturated rings. The Bertz CT molecular complexity index is 615. The Hall–Kier alpha value is -1.71. The van der Waals surface area contributed by atoms with E-state index in [1.54, 1.807) is 0 Å². The molecule has 2 aromatic rings. The summed E-state index contributed by atoms with van der Waals surface area (Å²) in [5.74, 6) is 0.918. The number of ether oxygens (including phenoxy) is 1. The minimum atomic E-state index is 0.533. The van der Waals surface area contributed by atoms with E-state index in [0.29, 0.717) is 13.2 Å². The van der Waals surface area contributed by atoms with E-state index in [1.807, 2.05) is 24.3 Å². The third-order valence-corrected chi connectivity index (χ3v) is 3.72. The summed E-state index contributed by atoms with van der Waals surface area (Å²) >= 11 is 6.05. The lowest BCUT2D eigenvalue weighted by Crippen LogP contribution is -2.32. The van der Waals surface area contributed by atoms with Crippen LogP contribution in [0.2, 0.25) is 5.02 Å². The largest absolute Gasteiger partial charge is 0.490 e. The zero-order chi connectivity index (χ0) is 13.9. The van der Waals surface area contributed by atoms with Gasteiger partial charge >= 0.3 is 0 Å². The second-order valence-corrected chi connectivity index (χ2v) is 5.34. The fourth-order valence-electron chi connectivity index (χ4n) is 2.47. The summed E-state index contributed by atoms with van der Waals surface area (Å²) in [6.45, 7) is 2.94. The summed E-state index contributed by atoms with van der Waals surface area (Å²) in [6, 6.07) is 14.1. The summed E-state index contributed by atoms with van der Waals surface area (Å²) < 4.78 is 5.73. The Morgan fingerprint density at radius 3 is 2.85 bits per heavy atom. The van der Waals surface area contributed by atoms with Crippen molar-refractivity contribution in [1.82, 2.24) is 0 Å². The highest BCUT2D eigenvalue weighted by Crippen LogP contribution is 2.33. The highest BCUT2D eigenvalue weighted by Gasteiger charge is 2.18. The number of benzene rings is 2. The average Bonchev–Trinajstić information content (AvgIpc) is 2.47. The van der Waals surface area contributed by atoms with Crippen molar-refractivity contribution in [2.45, 2.75) is 13.1 Å². The molecular weight excluding hydrogens is 272 g/mol. The number of rotatable bonds is 3. The van der Waals surface area contributed by atoms with Crippen LogP contribution in [0.3, 0.4) is 0 Å². The fourth-order valence-corrected chi connectivity index (χ4v) is 2.68. The van der Waals surface area contributed by atoms with Gasteiger partial charge in [0.15, 0.2) is 0 Å². The maximum absolute atomic E-state index is 6.05. The smallest absolute Gasteiger partial charge is 0.143 e. The molecule has 0 saturated carbocycles. The molecule has 0 radical (unpaired) electrons. The summed E-state index contributed by atoms with van der Waals surface area (Å²) in [5, 5.41) is 0.773. The number of hydrogen-bond donors (Lipinski definition) is 1. The summed E-state index contributed by atoms with van der Waals surface area (Å²) in [5.41, 5.74) is 9.09. The first-order valence-electron chi connectivity index (χ1n) is 6.71. The van der Waals surface area contributed by atoms with Crippen LogP contribution >= 0.6 is 11.6 Å². The van der Waals surface area contributed by atoms with Crippen LogP contribution in [-0.2, 0) is 13.1 Å². The van der Waals surface area contributed by atoms with Gasteiger partial charge in [0.25, 0.3) is 0 Å². The second-order valence-electron chi connectivity index (χ2n) is 4.91. The molecule has 0 bridgehead atoms. The molecule has 1 aliphatic rings. The highest BCUT2D eigenvalue weighted by atomic mass is 35.5. The Morgan fingerprint density at radius 1 is 1.15 bits per heavy atom. The number of hydrogen-bond acceptors (Lipinski definition) is 3. The van der Waals surface area contributed by atoms with Crippen LogP contribution in [-0.4, -0.2) is 13.2 Å². The number of halogens is 1. The van der Waals surface area contributed by atoms with Gasteiger partial charge in [-0.2, -0.15) is 0 Å². The summed E-state index contributed by atoms with van der Waals surface area (Å²) in [7, 11) is 0. The molecule has 104 valence electrons. The minimum Gasteiger partial charge on any atom is -0.490 e. The number of nitrogens with zero attached hydrogens (tertiary/aromatic N) is 1. The number of nitrogens with two attached hydrogens (primary N) is 1. The maximum Gasteiger partial charge on any atom is 0.143 e. The van der Waals surface area contributed by atoms with Gasteiger partial charge in [-0.25, -0.2) is 0 Å². The van der Waals surface area contributed by atoms with Gasteiger partial charge < -0.3 is 15.4 Å². The van der Waals surface area contributed by atoms with Crippen LogP contribution in [0.25, 0.3) is 0 Å². The van der Waals surface area contributed by atoms with E-state index in [9.17, 15) is 0 Å². The Labute approximate surface area is 123 Å². The first-order chi connectivity index (χ1) is 9.76. The fraction of sp³-hybridized carbons (Fsp3) is 0.250. The van der Waals surface area contributed by atoms with E-state index in [0.717, 1.165) is 35.1 Å². The minimum absolute atomic E-state index is 0.533. The molecule has 1 aliphatic heterocycles. The van der Waals surface area contributed by atoms with Crippen molar-refractivity contribution in [2.75, 3.05) is 18.1 Å². The topological polar surface area (TPSA) is 38.5 Å². The predicted octanol–water partition coefficient (Wildman–Crippen LogP) is 3.20. The molecule has 0 unspecified atom stereocenters. The average molecular weight is 289 g/mol. The van der Waals surface area contributed by atoms with Crippen molar-refractivity contribution < 1.29 is 4.74 Å². The zero-order valence-electron chi connectivity index (χ0n) is 11.2. The normalized spacial score (nSPS) is 13.8. The Kier molecular flexibility index (Phi) is 3.81. The SMILES string of the molecule is NCc1ccc2c(c1)OCCN2Cc1cccc(Cl)c1. The molecular formula is C16H17ClN2O. The van der Waals surface area contributed by atoms with Crippen LogP contribution < -0.4 is 15.4 Å². The molecule has 3 rings (SSSR count). The molecule has 0 aromatic heterocycles. The predicted molar refractivity (Wildman–Crippen MR) is 82.3 cm³/mol. The van der Waals surface area contributed by atoms with E-state index >= 15 is 0 Å². The van der Waals surface area contributed by atoms with Gasteiger partial charge in [-0.3, -0.25) is 0 Å². The zero-order valence-corrected chi connectivity index (χ0v) is 11.9. The van der Waals surface area contributed by atoms with Crippen molar-refractivity contribution in [1.29, 1.82) is 0 Å². The van der Waals surface area contributed by atoms with E-state index in [-0.39, 0.29) is 0 Å². The standard InChI is InChI=1S/C16H17ClN2O/c17-14-3-1-2-13(8-14)11-19-6-7-20-16-9-12(10-18)4-5-15(16)19/h1-5,8-9H,6-7,10-11,18H2. The van der Waals surface area contributed by atoms with E-state index in [2.05, 4.69) is 23.1 Å². The van der Waals surface area contributed by atoms with Crippen LogP contribution in [0.15, 0.2) is 42.5 Å². The maximum atomic E-state index is 6.05. The van der Waals surface area contributed by atoms with Crippen LogP contribution in [0.5, 0.6) is 5.75 Å². The van der Waals surface area contributed by atoms with Crippen molar-refractivity contribution in [3.8, 4) is 5.75 Å². The molecule has 2 aromatic carbocycles. The van der Waals surface area contributed by atoms with Crippen LogP contribution in [0.4, 0.5) is 5.69 Å². The monoisotopic (exact) mass is 288 g/mol. The third kappa shape index (κ3) is 2.74. The first-order valence-corrected chi connectivity index (χ1v) is 7.09. The van der Waals surface area contributed by atoms with Crippen molar-refractivity contribution >= 4 is 17.3 Å². The summed E-state index contributed by atoms with van der Waals surface area (Å²) in [6.07, 6.45) is 0.